The Morgan fingerprint density at radius 2 is 1.71 bits per heavy atom. The molecule has 1 saturated heterocycles. The lowest BCUT2D eigenvalue weighted by molar-refractivity contribution is -0.652. The summed E-state index contributed by atoms with van der Waals surface area (Å²) in [7, 11) is 0. The smallest absolute Gasteiger partial charge is 0.351 e. The zero-order chi connectivity index (χ0) is 20.1. The minimum atomic E-state index is -2.07. The Bertz CT molecular complexity index is 836. The first-order valence-corrected chi connectivity index (χ1v) is 8.87. The van der Waals surface area contributed by atoms with E-state index in [1.54, 1.807) is 0 Å². The number of carbonyl (C=O) groups is 2. The number of carboxylic acids is 2. The Morgan fingerprint density at radius 3 is 2.21 bits per heavy atom. The summed E-state index contributed by atoms with van der Waals surface area (Å²) in [5, 5.41) is 18.5. The van der Waals surface area contributed by atoms with Gasteiger partial charge in [0.15, 0.2) is 5.97 Å². The van der Waals surface area contributed by atoms with Gasteiger partial charge in [-0.1, -0.05) is 55.1 Å². The van der Waals surface area contributed by atoms with Crippen LogP contribution in [0.15, 0.2) is 61.2 Å². The molecule has 0 bridgehead atoms. The second kappa shape index (κ2) is 8.35. The molecule has 28 heavy (non-hydrogen) atoms. The van der Waals surface area contributed by atoms with Crippen molar-refractivity contribution in [3.63, 3.8) is 0 Å². The third kappa shape index (κ3) is 3.68. The Hall–Kier alpha value is -3.00. The topological polar surface area (TPSA) is 113 Å². The number of quaternary nitrogens is 1. The number of ether oxygens (including phenoxy) is 2. The van der Waals surface area contributed by atoms with Crippen molar-refractivity contribution in [2.24, 2.45) is 0 Å². The van der Waals surface area contributed by atoms with Crippen molar-refractivity contribution >= 4 is 11.9 Å². The molecule has 2 aromatic rings. The number of aliphatic carboxylic acids is 2. The minimum Gasteiger partial charge on any atom is -0.539 e. The van der Waals surface area contributed by atoms with E-state index >= 15 is 0 Å². The monoisotopic (exact) mass is 383 g/mol. The van der Waals surface area contributed by atoms with E-state index in [2.05, 4.69) is 60.4 Å². The molecule has 1 unspecified atom stereocenters. The van der Waals surface area contributed by atoms with Gasteiger partial charge in [0.05, 0.1) is 13.2 Å². The molecule has 7 nitrogen and oxygen atoms in total. The third-order valence-electron chi connectivity index (χ3n) is 4.60. The maximum absolute atomic E-state index is 9.04. The lowest BCUT2D eigenvalue weighted by atomic mass is 10.0. The molecular weight excluding hydrogens is 362 g/mol. The summed E-state index contributed by atoms with van der Waals surface area (Å²) in [4.78, 5) is 18.0. The van der Waals surface area contributed by atoms with Crippen LogP contribution in [0.5, 0.6) is 0 Å². The van der Waals surface area contributed by atoms with Gasteiger partial charge in [0.25, 0.3) is 0 Å². The van der Waals surface area contributed by atoms with E-state index < -0.39 is 17.7 Å². The molecule has 1 aliphatic heterocycles. The highest BCUT2D eigenvalue weighted by atomic mass is 16.7. The number of carbonyl (C=O) groups excluding carboxylic acids is 1. The molecule has 1 spiro atoms. The fourth-order valence-corrected chi connectivity index (χ4v) is 3.47. The van der Waals surface area contributed by atoms with Gasteiger partial charge in [0.1, 0.15) is 12.6 Å². The number of fused-ring (bicyclic) bond motifs is 5. The molecule has 1 aliphatic carbocycles. The van der Waals surface area contributed by atoms with Gasteiger partial charge < -0.3 is 29.8 Å². The molecule has 1 heterocycles. The highest BCUT2D eigenvalue weighted by Gasteiger charge is 2.51. The van der Waals surface area contributed by atoms with E-state index in [0.717, 1.165) is 24.2 Å². The van der Waals surface area contributed by atoms with Crippen molar-refractivity contribution in [2.45, 2.75) is 11.9 Å². The zero-order valence-corrected chi connectivity index (χ0v) is 15.2. The van der Waals surface area contributed by atoms with Crippen molar-refractivity contribution in [3.05, 3.63) is 72.3 Å². The molecule has 1 atom stereocenters. The number of benzene rings is 2. The van der Waals surface area contributed by atoms with Gasteiger partial charge in [-0.25, -0.2) is 4.79 Å². The Morgan fingerprint density at radius 1 is 1.18 bits per heavy atom. The lowest BCUT2D eigenvalue weighted by Gasteiger charge is -2.25. The van der Waals surface area contributed by atoms with Crippen LogP contribution in [-0.4, -0.2) is 42.8 Å². The number of rotatable bonds is 4. The molecule has 7 heteroatoms. The molecule has 0 amide bonds. The van der Waals surface area contributed by atoms with Crippen LogP contribution in [0.25, 0.3) is 11.1 Å². The summed E-state index contributed by atoms with van der Waals surface area (Å²) >= 11 is 0. The van der Waals surface area contributed by atoms with Gasteiger partial charge in [-0.05, 0) is 17.2 Å². The zero-order valence-electron chi connectivity index (χ0n) is 15.2. The first-order valence-electron chi connectivity index (χ1n) is 8.87. The van der Waals surface area contributed by atoms with Gasteiger partial charge in [-0.15, -0.1) is 0 Å². The first kappa shape index (κ1) is 19.8. The summed E-state index contributed by atoms with van der Waals surface area (Å²) in [6.07, 6.45) is 2.00. The lowest BCUT2D eigenvalue weighted by Crippen LogP contribution is -2.86. The number of hydrogen-bond donors (Lipinski definition) is 2. The molecule has 3 N–H and O–H groups in total. The maximum Gasteiger partial charge on any atom is 0.351 e. The second-order valence-corrected chi connectivity index (χ2v) is 6.40. The normalized spacial score (nSPS) is 17.9. The van der Waals surface area contributed by atoms with E-state index in [4.69, 9.17) is 29.3 Å². The van der Waals surface area contributed by atoms with Crippen molar-refractivity contribution in [1.29, 1.82) is 0 Å². The predicted octanol–water partition coefficient (Wildman–Crippen LogP) is -0.146. The van der Waals surface area contributed by atoms with E-state index in [-0.39, 0.29) is 6.10 Å². The van der Waals surface area contributed by atoms with Crippen LogP contribution in [-0.2, 0) is 24.8 Å². The first-order chi connectivity index (χ1) is 13.5. The summed E-state index contributed by atoms with van der Waals surface area (Å²) < 4.78 is 12.7. The van der Waals surface area contributed by atoms with Gasteiger partial charge in [-0.3, -0.25) is 0 Å². The van der Waals surface area contributed by atoms with E-state index in [1.807, 2.05) is 6.08 Å². The predicted molar refractivity (Wildman–Crippen MR) is 98.0 cm³/mol. The summed E-state index contributed by atoms with van der Waals surface area (Å²) in [5.74, 6) is -4.73. The Labute approximate surface area is 162 Å². The fraction of sp³-hybridized carbons (Fsp3) is 0.238. The summed E-state index contributed by atoms with van der Waals surface area (Å²) in [5.41, 5.74) is 4.69. The van der Waals surface area contributed by atoms with Crippen LogP contribution < -0.4 is 10.4 Å². The molecule has 0 aromatic heterocycles. The van der Waals surface area contributed by atoms with Crippen LogP contribution in [0.4, 0.5) is 0 Å². The molecular formula is C21H21NO6. The Kier molecular flexibility index (Phi) is 5.89. The molecule has 2 aliphatic rings. The number of hydrogen-bond acceptors (Lipinski definition) is 5. The van der Waals surface area contributed by atoms with Gasteiger partial charge >= 0.3 is 5.97 Å². The third-order valence-corrected chi connectivity index (χ3v) is 4.60. The van der Waals surface area contributed by atoms with Gasteiger partial charge in [0, 0.05) is 11.1 Å². The van der Waals surface area contributed by atoms with Gasteiger partial charge in [-0.2, -0.15) is 0 Å². The van der Waals surface area contributed by atoms with Crippen LogP contribution in [0, 0.1) is 0 Å². The Balaban J connectivity index is 0.000000330. The second-order valence-electron chi connectivity index (χ2n) is 6.40. The average molecular weight is 383 g/mol. The molecule has 2 aromatic carbocycles. The van der Waals surface area contributed by atoms with E-state index in [1.165, 1.54) is 11.1 Å². The number of nitrogens with two attached hydrogens (primary N) is 1. The van der Waals surface area contributed by atoms with Crippen LogP contribution in [0.2, 0.25) is 0 Å². The molecule has 0 radical (unpaired) electrons. The van der Waals surface area contributed by atoms with E-state index in [0.29, 0.717) is 6.61 Å². The van der Waals surface area contributed by atoms with Gasteiger partial charge in [0.2, 0.25) is 5.79 Å². The van der Waals surface area contributed by atoms with Crippen LogP contribution >= 0.6 is 0 Å². The van der Waals surface area contributed by atoms with Crippen molar-refractivity contribution in [1.82, 2.24) is 0 Å². The average Bonchev–Trinajstić information content (AvgIpc) is 3.24. The number of carboxylic acid groups (broad SMARTS) is 2. The molecule has 4 rings (SSSR count). The van der Waals surface area contributed by atoms with Crippen molar-refractivity contribution in [2.75, 3.05) is 19.7 Å². The standard InChI is InChI=1S/C19H19NO2.C2H2O4/c1-2-11-20-12-14-13-21-19(22-14)17-9-5-3-7-15(17)16-8-4-6-10-18(16)19;3-1(4)2(5)6/h2-10,14,20H,1,11-13H2;(H,3,4)(H,5,6). The molecule has 0 saturated carbocycles. The molecule has 1 fully saturated rings. The summed E-state index contributed by atoms with van der Waals surface area (Å²) in [6.45, 7) is 6.16. The van der Waals surface area contributed by atoms with Crippen molar-refractivity contribution in [3.8, 4) is 11.1 Å². The maximum atomic E-state index is 9.04. The fourth-order valence-electron chi connectivity index (χ4n) is 3.47. The largest absolute Gasteiger partial charge is 0.539 e. The highest BCUT2D eigenvalue weighted by Crippen LogP contribution is 2.52. The molecule has 146 valence electrons. The van der Waals surface area contributed by atoms with E-state index in [9.17, 15) is 0 Å². The van der Waals surface area contributed by atoms with Crippen LogP contribution in [0.3, 0.4) is 0 Å². The highest BCUT2D eigenvalue weighted by molar-refractivity contribution is 6.26. The minimum absolute atomic E-state index is 0.0964. The van der Waals surface area contributed by atoms with Crippen molar-refractivity contribution < 1.29 is 34.6 Å². The quantitative estimate of drug-likeness (QED) is 0.432. The summed E-state index contributed by atoms with van der Waals surface area (Å²) in [6, 6.07) is 16.8. The van der Waals surface area contributed by atoms with Crippen LogP contribution in [0.1, 0.15) is 11.1 Å². The SMILES string of the molecule is C=CC[NH2+]CC1COC2(O1)c1ccccc1-c1ccccc12.O=C([O-])C(=O)O.